The summed E-state index contributed by atoms with van der Waals surface area (Å²) in [6.45, 7) is 2.49. The van der Waals surface area contributed by atoms with Crippen molar-refractivity contribution < 1.29 is 19.1 Å². The molecule has 0 aliphatic heterocycles. The van der Waals surface area contributed by atoms with Crippen molar-refractivity contribution in [1.29, 1.82) is 0 Å². The molecule has 6 heteroatoms. The van der Waals surface area contributed by atoms with Crippen LogP contribution in [0, 0.1) is 18.8 Å². The Morgan fingerprint density at radius 3 is 2.41 bits per heavy atom. The molecule has 2 unspecified atom stereocenters. The molecule has 1 saturated carbocycles. The Bertz CT molecular complexity index is 850. The smallest absolute Gasteiger partial charge is 0.228 e. The van der Waals surface area contributed by atoms with Gasteiger partial charge in [0.25, 0.3) is 0 Å². The van der Waals surface area contributed by atoms with Gasteiger partial charge >= 0.3 is 0 Å². The van der Waals surface area contributed by atoms with E-state index in [9.17, 15) is 9.59 Å². The Hall–Kier alpha value is -3.02. The number of methoxy groups -OCH3 is 2. The van der Waals surface area contributed by atoms with Crippen molar-refractivity contribution in [3.8, 4) is 11.5 Å². The molecule has 6 nitrogen and oxygen atoms in total. The molecule has 2 amide bonds. The van der Waals surface area contributed by atoms with Crippen LogP contribution in [-0.4, -0.2) is 26.0 Å². The number of amides is 2. The van der Waals surface area contributed by atoms with E-state index in [1.165, 1.54) is 0 Å². The molecule has 2 atom stereocenters. The lowest BCUT2D eigenvalue weighted by molar-refractivity contribution is -0.125. The molecule has 1 aliphatic rings. The molecule has 0 spiro atoms. The van der Waals surface area contributed by atoms with Gasteiger partial charge in [0.05, 0.1) is 26.1 Å². The van der Waals surface area contributed by atoms with Gasteiger partial charge in [-0.15, -0.1) is 0 Å². The predicted octanol–water partition coefficient (Wildman–Crippen LogP) is 2.90. The van der Waals surface area contributed by atoms with Crippen LogP contribution in [0.1, 0.15) is 17.5 Å². The predicted molar refractivity (Wildman–Crippen MR) is 103 cm³/mol. The summed E-state index contributed by atoms with van der Waals surface area (Å²) >= 11 is 0. The van der Waals surface area contributed by atoms with E-state index in [1.807, 2.05) is 31.2 Å². The maximum atomic E-state index is 12.4. The summed E-state index contributed by atoms with van der Waals surface area (Å²) in [4.78, 5) is 24.7. The summed E-state index contributed by atoms with van der Waals surface area (Å²) in [6, 6.07) is 13.1. The number of anilines is 1. The fraction of sp³-hybridized carbons (Fsp3) is 0.333. The summed E-state index contributed by atoms with van der Waals surface area (Å²) in [6.07, 6.45) is 0.568. The number of carbonyl (C=O) groups is 2. The minimum absolute atomic E-state index is 0.0780. The number of nitrogens with one attached hydrogen (secondary N) is 2. The van der Waals surface area contributed by atoms with Gasteiger partial charge in [0.1, 0.15) is 0 Å². The van der Waals surface area contributed by atoms with Crippen LogP contribution in [0.4, 0.5) is 5.69 Å². The first-order valence-electron chi connectivity index (χ1n) is 8.88. The normalized spacial score (nSPS) is 17.7. The van der Waals surface area contributed by atoms with E-state index in [2.05, 4.69) is 10.6 Å². The van der Waals surface area contributed by atoms with Crippen LogP contribution < -0.4 is 20.1 Å². The second-order valence-corrected chi connectivity index (χ2v) is 6.65. The van der Waals surface area contributed by atoms with Crippen molar-refractivity contribution in [3.63, 3.8) is 0 Å². The molecular weight excluding hydrogens is 344 g/mol. The SMILES string of the molecule is COc1ccc(NC(=O)C2CC2C(=O)NCc2ccccc2C)cc1OC. The van der Waals surface area contributed by atoms with Crippen molar-refractivity contribution in [1.82, 2.24) is 5.32 Å². The number of rotatable bonds is 7. The average Bonchev–Trinajstić information content (AvgIpc) is 3.48. The van der Waals surface area contributed by atoms with Gasteiger partial charge in [-0.25, -0.2) is 0 Å². The van der Waals surface area contributed by atoms with Gasteiger partial charge in [-0.3, -0.25) is 9.59 Å². The van der Waals surface area contributed by atoms with Crippen LogP contribution >= 0.6 is 0 Å². The lowest BCUT2D eigenvalue weighted by atomic mass is 10.1. The highest BCUT2D eigenvalue weighted by molar-refractivity contribution is 5.99. The molecule has 27 heavy (non-hydrogen) atoms. The molecule has 2 N–H and O–H groups in total. The molecular formula is C21H24N2O4. The third-order valence-electron chi connectivity index (χ3n) is 4.83. The molecule has 1 fully saturated rings. The minimum atomic E-state index is -0.296. The highest BCUT2D eigenvalue weighted by Gasteiger charge is 2.47. The number of aryl methyl sites for hydroxylation is 1. The maximum absolute atomic E-state index is 12.4. The number of ether oxygens (including phenoxy) is 2. The Balaban J connectivity index is 1.53. The van der Waals surface area contributed by atoms with E-state index >= 15 is 0 Å². The number of benzene rings is 2. The van der Waals surface area contributed by atoms with Crippen molar-refractivity contribution in [2.45, 2.75) is 19.9 Å². The van der Waals surface area contributed by atoms with Gasteiger partial charge in [-0.05, 0) is 36.6 Å². The molecule has 0 aromatic heterocycles. The minimum Gasteiger partial charge on any atom is -0.493 e. The molecule has 1 aliphatic carbocycles. The summed E-state index contributed by atoms with van der Waals surface area (Å²) < 4.78 is 10.4. The van der Waals surface area contributed by atoms with E-state index in [-0.39, 0.29) is 23.7 Å². The van der Waals surface area contributed by atoms with Gasteiger partial charge in [-0.2, -0.15) is 0 Å². The zero-order chi connectivity index (χ0) is 19.4. The highest BCUT2D eigenvalue weighted by Crippen LogP contribution is 2.40. The first kappa shape index (κ1) is 18.8. The van der Waals surface area contributed by atoms with Crippen molar-refractivity contribution in [2.24, 2.45) is 11.8 Å². The zero-order valence-electron chi connectivity index (χ0n) is 15.7. The van der Waals surface area contributed by atoms with Crippen LogP contribution in [0.25, 0.3) is 0 Å². The van der Waals surface area contributed by atoms with Crippen molar-refractivity contribution in [3.05, 3.63) is 53.6 Å². The second kappa shape index (κ2) is 8.12. The fourth-order valence-corrected chi connectivity index (χ4v) is 3.05. The molecule has 2 aromatic carbocycles. The van der Waals surface area contributed by atoms with Crippen LogP contribution in [0.2, 0.25) is 0 Å². The number of hydrogen-bond donors (Lipinski definition) is 2. The van der Waals surface area contributed by atoms with Crippen LogP contribution in [-0.2, 0) is 16.1 Å². The van der Waals surface area contributed by atoms with Crippen LogP contribution in [0.15, 0.2) is 42.5 Å². The Kier molecular flexibility index (Phi) is 5.64. The Morgan fingerprint density at radius 2 is 1.70 bits per heavy atom. The molecule has 0 saturated heterocycles. The van der Waals surface area contributed by atoms with Crippen LogP contribution in [0.5, 0.6) is 11.5 Å². The second-order valence-electron chi connectivity index (χ2n) is 6.65. The van der Waals surface area contributed by atoms with E-state index < -0.39 is 0 Å². The Morgan fingerprint density at radius 1 is 1.00 bits per heavy atom. The first-order chi connectivity index (χ1) is 13.0. The largest absolute Gasteiger partial charge is 0.493 e. The zero-order valence-corrected chi connectivity index (χ0v) is 15.7. The average molecular weight is 368 g/mol. The molecule has 142 valence electrons. The third-order valence-corrected chi connectivity index (χ3v) is 4.83. The number of hydrogen-bond acceptors (Lipinski definition) is 4. The highest BCUT2D eigenvalue weighted by atomic mass is 16.5. The van der Waals surface area contributed by atoms with Gasteiger partial charge in [0.2, 0.25) is 11.8 Å². The molecule has 0 heterocycles. The summed E-state index contributed by atoms with van der Waals surface area (Å²) in [5.41, 5.74) is 2.83. The van der Waals surface area contributed by atoms with E-state index in [0.717, 1.165) is 11.1 Å². The van der Waals surface area contributed by atoms with Gasteiger partial charge in [-0.1, -0.05) is 24.3 Å². The number of carbonyl (C=O) groups excluding carboxylic acids is 2. The molecule has 0 bridgehead atoms. The molecule has 2 aromatic rings. The lowest BCUT2D eigenvalue weighted by Crippen LogP contribution is -2.27. The van der Waals surface area contributed by atoms with Crippen LogP contribution in [0.3, 0.4) is 0 Å². The monoisotopic (exact) mass is 368 g/mol. The van der Waals surface area contributed by atoms with Crippen molar-refractivity contribution >= 4 is 17.5 Å². The standard InChI is InChI=1S/C21H24N2O4/c1-13-6-4-5-7-14(13)12-22-20(24)16-11-17(16)21(25)23-15-8-9-18(26-2)19(10-15)27-3/h4-10,16-17H,11-12H2,1-3H3,(H,22,24)(H,23,25). The van der Waals surface area contributed by atoms with E-state index in [0.29, 0.717) is 30.2 Å². The molecule has 3 rings (SSSR count). The topological polar surface area (TPSA) is 76.7 Å². The van der Waals surface area contributed by atoms with Crippen molar-refractivity contribution in [2.75, 3.05) is 19.5 Å². The lowest BCUT2D eigenvalue weighted by Gasteiger charge is -2.11. The fourth-order valence-electron chi connectivity index (χ4n) is 3.05. The summed E-state index contributed by atoms with van der Waals surface area (Å²) in [5, 5.41) is 5.77. The summed E-state index contributed by atoms with van der Waals surface area (Å²) in [7, 11) is 3.10. The van der Waals surface area contributed by atoms with Gasteiger partial charge in [0, 0.05) is 18.3 Å². The van der Waals surface area contributed by atoms with E-state index in [1.54, 1.807) is 32.4 Å². The molecule has 0 radical (unpaired) electrons. The Labute approximate surface area is 158 Å². The van der Waals surface area contributed by atoms with Gasteiger partial charge in [0.15, 0.2) is 11.5 Å². The third kappa shape index (κ3) is 4.39. The quantitative estimate of drug-likeness (QED) is 0.788. The van der Waals surface area contributed by atoms with E-state index in [4.69, 9.17) is 9.47 Å². The first-order valence-corrected chi connectivity index (χ1v) is 8.88. The summed E-state index contributed by atoms with van der Waals surface area (Å²) in [5.74, 6) is 0.335. The van der Waals surface area contributed by atoms with Gasteiger partial charge < -0.3 is 20.1 Å². The maximum Gasteiger partial charge on any atom is 0.228 e.